The maximum Gasteiger partial charge on any atom is 0.153 e. The molecule has 4 heteroatoms. The van der Waals surface area contributed by atoms with Crippen molar-refractivity contribution in [2.24, 2.45) is 0 Å². The first-order valence-corrected chi connectivity index (χ1v) is 4.53. The first kappa shape index (κ1) is 7.81. The zero-order valence-corrected chi connectivity index (χ0v) is 8.00. The van der Waals surface area contributed by atoms with E-state index >= 15 is 0 Å². The van der Waals surface area contributed by atoms with E-state index in [0.717, 1.165) is 17.3 Å². The lowest BCUT2D eigenvalue weighted by Crippen LogP contribution is -1.99. The first-order valence-electron chi connectivity index (χ1n) is 3.74. The summed E-state index contributed by atoms with van der Waals surface area (Å²) in [6.07, 6.45) is 2.25. The van der Waals surface area contributed by atoms with Crippen LogP contribution in [0.2, 0.25) is 0 Å². The maximum absolute atomic E-state index is 8.82. The summed E-state index contributed by atoms with van der Waals surface area (Å²) >= 11 is 3.29. The Kier molecular flexibility index (Phi) is 1.69. The Labute approximate surface area is 79.1 Å². The van der Waals surface area contributed by atoms with Crippen LogP contribution in [-0.2, 0) is 0 Å². The van der Waals surface area contributed by atoms with Crippen molar-refractivity contribution in [2.45, 2.75) is 18.9 Å². The van der Waals surface area contributed by atoms with E-state index in [1.165, 1.54) is 0 Å². The average molecular weight is 225 g/mol. The molecule has 0 aliphatic heterocycles. The van der Waals surface area contributed by atoms with Crippen LogP contribution < -0.4 is 0 Å². The van der Waals surface area contributed by atoms with E-state index in [-0.39, 0.29) is 0 Å². The lowest BCUT2D eigenvalue weighted by molar-refractivity contribution is 0.630. The Morgan fingerprint density at radius 2 is 2.33 bits per heavy atom. The Balaban J connectivity index is 2.54. The molecule has 2 rings (SSSR count). The highest BCUT2D eigenvalue weighted by atomic mass is 79.9. The van der Waals surface area contributed by atoms with Crippen LogP contribution in [0.5, 0.6) is 0 Å². The molecule has 1 aliphatic rings. The highest BCUT2D eigenvalue weighted by molar-refractivity contribution is 9.10. The van der Waals surface area contributed by atoms with Gasteiger partial charge in [0.05, 0.1) is 16.2 Å². The second kappa shape index (κ2) is 2.60. The van der Waals surface area contributed by atoms with Gasteiger partial charge in [-0.3, -0.25) is 4.68 Å². The van der Waals surface area contributed by atoms with Crippen LogP contribution >= 0.6 is 15.9 Å². The van der Waals surface area contributed by atoms with Crippen LogP contribution in [0.3, 0.4) is 0 Å². The predicted octanol–water partition coefficient (Wildman–Crippen LogP) is 2.03. The van der Waals surface area contributed by atoms with Crippen LogP contribution in [0.25, 0.3) is 0 Å². The summed E-state index contributed by atoms with van der Waals surface area (Å²) in [6.45, 7) is 3.73. The van der Waals surface area contributed by atoms with E-state index < -0.39 is 0 Å². The van der Waals surface area contributed by atoms with Crippen molar-refractivity contribution in [3.8, 4) is 6.07 Å². The third kappa shape index (κ3) is 1.05. The topological polar surface area (TPSA) is 41.6 Å². The molecule has 0 amide bonds. The molecule has 0 spiro atoms. The van der Waals surface area contributed by atoms with Crippen LogP contribution in [0.15, 0.2) is 4.47 Å². The highest BCUT2D eigenvalue weighted by Crippen LogP contribution is 2.37. The summed E-state index contributed by atoms with van der Waals surface area (Å²) in [4.78, 5) is 0. The molecule has 3 nitrogen and oxygen atoms in total. The molecule has 1 radical (unpaired) electrons. The van der Waals surface area contributed by atoms with E-state index in [0.29, 0.717) is 17.4 Å². The van der Waals surface area contributed by atoms with Gasteiger partial charge in [0.15, 0.2) is 5.69 Å². The van der Waals surface area contributed by atoms with E-state index in [9.17, 15) is 0 Å². The van der Waals surface area contributed by atoms with Crippen molar-refractivity contribution in [2.75, 3.05) is 0 Å². The van der Waals surface area contributed by atoms with Crippen molar-refractivity contribution in [3.63, 3.8) is 0 Å². The third-order valence-corrected chi connectivity index (χ3v) is 2.75. The Bertz CT molecular complexity index is 357. The highest BCUT2D eigenvalue weighted by Gasteiger charge is 2.28. The number of hydrogen-bond acceptors (Lipinski definition) is 2. The molecule has 0 aromatic carbocycles. The molecule has 0 bridgehead atoms. The quantitative estimate of drug-likeness (QED) is 0.733. The maximum atomic E-state index is 8.82. The second-order valence-corrected chi connectivity index (χ2v) is 3.69. The average Bonchev–Trinajstić information content (AvgIpc) is 2.82. The van der Waals surface area contributed by atoms with E-state index in [4.69, 9.17) is 5.26 Å². The van der Waals surface area contributed by atoms with Gasteiger partial charge in [0.1, 0.15) is 6.07 Å². The summed E-state index contributed by atoms with van der Waals surface area (Å²) in [5.74, 6) is 0. The minimum absolute atomic E-state index is 0.437. The Hall–Kier alpha value is -0.820. The molecule has 1 aliphatic carbocycles. The molecule has 0 saturated heterocycles. The zero-order chi connectivity index (χ0) is 8.72. The first-order chi connectivity index (χ1) is 5.74. The van der Waals surface area contributed by atoms with Gasteiger partial charge in [0.2, 0.25) is 0 Å². The van der Waals surface area contributed by atoms with Crippen LogP contribution in [0.1, 0.15) is 30.3 Å². The van der Waals surface area contributed by atoms with E-state index in [1.54, 1.807) is 4.68 Å². The third-order valence-electron chi connectivity index (χ3n) is 1.92. The van der Waals surface area contributed by atoms with Gasteiger partial charge in [-0.1, -0.05) is 0 Å². The number of halogens is 1. The molecule has 1 aromatic rings. The lowest BCUT2D eigenvalue weighted by Gasteiger charge is -1.96. The number of nitriles is 1. The molecule has 61 valence electrons. The number of aromatic nitrogens is 2. The summed E-state index contributed by atoms with van der Waals surface area (Å²) in [6, 6.07) is 2.56. The number of hydrogen-bond donors (Lipinski definition) is 0. The van der Waals surface area contributed by atoms with Crippen LogP contribution in [0, 0.1) is 18.3 Å². The molecular formula is C8H7BrN3. The molecule has 12 heavy (non-hydrogen) atoms. The van der Waals surface area contributed by atoms with Gasteiger partial charge >= 0.3 is 0 Å². The summed E-state index contributed by atoms with van der Waals surface area (Å²) < 4.78 is 2.50. The van der Waals surface area contributed by atoms with Crippen molar-refractivity contribution < 1.29 is 0 Å². The van der Waals surface area contributed by atoms with Gasteiger partial charge in [-0.2, -0.15) is 10.4 Å². The van der Waals surface area contributed by atoms with E-state index in [2.05, 4.69) is 34.0 Å². The Morgan fingerprint density at radius 1 is 1.67 bits per heavy atom. The van der Waals surface area contributed by atoms with Gasteiger partial charge in [-0.25, -0.2) is 0 Å². The predicted molar refractivity (Wildman–Crippen MR) is 47.4 cm³/mol. The van der Waals surface area contributed by atoms with Crippen molar-refractivity contribution in [3.05, 3.63) is 22.8 Å². The second-order valence-electron chi connectivity index (χ2n) is 2.90. The van der Waals surface area contributed by atoms with Crippen molar-refractivity contribution in [1.29, 1.82) is 5.26 Å². The molecule has 0 atom stereocenters. The van der Waals surface area contributed by atoms with Gasteiger partial charge < -0.3 is 0 Å². The molecule has 0 N–H and O–H groups in total. The molecule has 1 saturated carbocycles. The molecule has 1 fully saturated rings. The summed E-state index contributed by atoms with van der Waals surface area (Å²) in [7, 11) is 0. The van der Waals surface area contributed by atoms with E-state index in [1.807, 2.05) is 0 Å². The number of rotatable bonds is 1. The van der Waals surface area contributed by atoms with Crippen molar-refractivity contribution >= 4 is 15.9 Å². The lowest BCUT2D eigenvalue weighted by atomic mass is 10.4. The SMILES string of the molecule is [CH2]c1nn(C2CC2)c(C#N)c1Br. The fourth-order valence-electron chi connectivity index (χ4n) is 1.14. The summed E-state index contributed by atoms with van der Waals surface area (Å²) in [5, 5.41) is 13.0. The van der Waals surface area contributed by atoms with Gasteiger partial charge in [0.25, 0.3) is 0 Å². The van der Waals surface area contributed by atoms with Gasteiger partial charge in [-0.05, 0) is 35.7 Å². The van der Waals surface area contributed by atoms with Gasteiger partial charge in [-0.15, -0.1) is 0 Å². The smallest absolute Gasteiger partial charge is 0.153 e. The minimum Gasteiger partial charge on any atom is -0.250 e. The van der Waals surface area contributed by atoms with Crippen molar-refractivity contribution in [1.82, 2.24) is 9.78 Å². The Morgan fingerprint density at radius 3 is 2.83 bits per heavy atom. The zero-order valence-electron chi connectivity index (χ0n) is 6.42. The monoisotopic (exact) mass is 224 g/mol. The van der Waals surface area contributed by atoms with Crippen LogP contribution in [-0.4, -0.2) is 9.78 Å². The molecule has 1 heterocycles. The fourth-order valence-corrected chi connectivity index (χ4v) is 1.49. The standard InChI is InChI=1S/C8H7BrN3/c1-5-8(9)7(4-10)12(11-5)6-2-3-6/h6H,1-3H2. The van der Waals surface area contributed by atoms with Crippen LogP contribution in [0.4, 0.5) is 0 Å². The molecular weight excluding hydrogens is 218 g/mol. The normalized spacial score (nSPS) is 16.1. The fraction of sp³-hybridized carbons (Fsp3) is 0.375. The van der Waals surface area contributed by atoms with Gasteiger partial charge in [0, 0.05) is 0 Å². The molecule has 1 aromatic heterocycles. The summed E-state index contributed by atoms with van der Waals surface area (Å²) in [5.41, 5.74) is 1.25. The largest absolute Gasteiger partial charge is 0.250 e. The number of nitrogens with zero attached hydrogens (tertiary/aromatic N) is 3. The minimum atomic E-state index is 0.437. The molecule has 0 unspecified atom stereocenters.